The van der Waals surface area contributed by atoms with E-state index in [9.17, 15) is 22.8 Å². The molecule has 5 nitrogen and oxygen atoms in total. The molecule has 0 unspecified atom stereocenters. The van der Waals surface area contributed by atoms with E-state index < -0.39 is 29.5 Å². The normalized spacial score (nSPS) is 25.3. The maximum Gasteiger partial charge on any atom is 0.245 e. The Bertz CT molecular complexity index is 803. The van der Waals surface area contributed by atoms with Gasteiger partial charge in [-0.25, -0.2) is 13.2 Å². The number of halogens is 3. The molecule has 1 aromatic carbocycles. The van der Waals surface area contributed by atoms with Crippen molar-refractivity contribution in [3.63, 3.8) is 0 Å². The average Bonchev–Trinajstić information content (AvgIpc) is 2.94. The Morgan fingerprint density at radius 1 is 1.07 bits per heavy atom. The molecule has 2 fully saturated rings. The first-order valence-corrected chi connectivity index (χ1v) is 10.6. The van der Waals surface area contributed by atoms with Crippen molar-refractivity contribution in [3.05, 3.63) is 35.1 Å². The van der Waals surface area contributed by atoms with Crippen molar-refractivity contribution in [2.24, 2.45) is 17.6 Å². The summed E-state index contributed by atoms with van der Waals surface area (Å²) < 4.78 is 40.6. The molecular weight excluding hydrogens is 395 g/mol. The van der Waals surface area contributed by atoms with Crippen LogP contribution in [0, 0.1) is 29.3 Å². The molecule has 2 heterocycles. The number of amides is 2. The van der Waals surface area contributed by atoms with Crippen LogP contribution in [0.25, 0.3) is 0 Å². The summed E-state index contributed by atoms with van der Waals surface area (Å²) in [6.45, 7) is 5.25. The van der Waals surface area contributed by atoms with Crippen LogP contribution < -0.4 is 11.1 Å². The van der Waals surface area contributed by atoms with Crippen LogP contribution >= 0.6 is 0 Å². The smallest absolute Gasteiger partial charge is 0.245 e. The summed E-state index contributed by atoms with van der Waals surface area (Å²) >= 11 is 0. The minimum atomic E-state index is -1.21. The van der Waals surface area contributed by atoms with Crippen LogP contribution in [-0.4, -0.2) is 40.9 Å². The van der Waals surface area contributed by atoms with Gasteiger partial charge in [0.1, 0.15) is 11.9 Å². The van der Waals surface area contributed by atoms with Gasteiger partial charge in [-0.1, -0.05) is 13.8 Å². The van der Waals surface area contributed by atoms with Crippen LogP contribution in [0.15, 0.2) is 12.1 Å². The predicted octanol–water partition coefficient (Wildman–Crippen LogP) is 2.90. The van der Waals surface area contributed by atoms with E-state index in [1.807, 2.05) is 4.90 Å². The third-order valence-corrected chi connectivity index (χ3v) is 6.43. The molecule has 1 aromatic rings. The Morgan fingerprint density at radius 3 is 2.20 bits per heavy atom. The predicted molar refractivity (Wildman–Crippen MR) is 107 cm³/mol. The SMILES string of the molecule is CC(C)C(=O)N[C@@H](C)C(=O)N1[C@H]2CC[C@H]1CC([C@H](N)Cc1cc(F)c(F)cc1F)C2. The van der Waals surface area contributed by atoms with Gasteiger partial charge < -0.3 is 16.0 Å². The van der Waals surface area contributed by atoms with Gasteiger partial charge in [0.15, 0.2) is 11.6 Å². The van der Waals surface area contributed by atoms with Crippen molar-refractivity contribution in [3.8, 4) is 0 Å². The number of nitrogens with zero attached hydrogens (tertiary/aromatic N) is 1. The summed E-state index contributed by atoms with van der Waals surface area (Å²) in [5.74, 6) is -3.49. The third-order valence-electron chi connectivity index (χ3n) is 6.43. The van der Waals surface area contributed by atoms with E-state index in [1.165, 1.54) is 0 Å². The number of nitrogens with two attached hydrogens (primary N) is 1. The first-order chi connectivity index (χ1) is 14.1. The summed E-state index contributed by atoms with van der Waals surface area (Å²) in [5, 5.41) is 2.77. The Kier molecular flexibility index (Phi) is 6.75. The molecule has 0 spiro atoms. The topological polar surface area (TPSA) is 75.4 Å². The van der Waals surface area contributed by atoms with E-state index in [-0.39, 0.29) is 47.7 Å². The van der Waals surface area contributed by atoms with E-state index in [0.717, 1.165) is 18.9 Å². The lowest BCUT2D eigenvalue weighted by Gasteiger charge is -2.42. The second kappa shape index (κ2) is 8.96. The van der Waals surface area contributed by atoms with Crippen LogP contribution in [-0.2, 0) is 16.0 Å². The Morgan fingerprint density at radius 2 is 1.63 bits per heavy atom. The van der Waals surface area contributed by atoms with Gasteiger partial charge in [-0.2, -0.15) is 0 Å². The number of carbonyl (C=O) groups is 2. The Balaban J connectivity index is 1.63. The highest BCUT2D eigenvalue weighted by molar-refractivity contribution is 5.88. The fourth-order valence-corrected chi connectivity index (χ4v) is 4.73. The number of hydrogen-bond donors (Lipinski definition) is 2. The van der Waals surface area contributed by atoms with Gasteiger partial charge in [0.2, 0.25) is 11.8 Å². The van der Waals surface area contributed by atoms with Gasteiger partial charge in [-0.3, -0.25) is 9.59 Å². The van der Waals surface area contributed by atoms with E-state index in [2.05, 4.69) is 5.32 Å². The van der Waals surface area contributed by atoms with Crippen molar-refractivity contribution in [1.82, 2.24) is 10.2 Å². The monoisotopic (exact) mass is 425 g/mol. The second-order valence-electron chi connectivity index (χ2n) is 8.97. The molecule has 4 atom stereocenters. The van der Waals surface area contributed by atoms with E-state index in [4.69, 9.17) is 5.73 Å². The largest absolute Gasteiger partial charge is 0.344 e. The van der Waals surface area contributed by atoms with E-state index in [0.29, 0.717) is 18.9 Å². The van der Waals surface area contributed by atoms with Crippen molar-refractivity contribution in [2.45, 2.75) is 77.0 Å². The van der Waals surface area contributed by atoms with Crippen molar-refractivity contribution in [2.75, 3.05) is 0 Å². The Labute approximate surface area is 175 Å². The lowest BCUT2D eigenvalue weighted by atomic mass is 9.82. The highest BCUT2D eigenvalue weighted by Gasteiger charge is 2.45. The van der Waals surface area contributed by atoms with Gasteiger partial charge in [-0.15, -0.1) is 0 Å². The molecule has 2 aliphatic heterocycles. The zero-order chi connectivity index (χ0) is 22.2. The average molecular weight is 425 g/mol. The zero-order valence-corrected chi connectivity index (χ0v) is 17.6. The number of nitrogens with one attached hydrogen (secondary N) is 1. The number of piperidine rings is 1. The summed E-state index contributed by atoms with van der Waals surface area (Å²) in [6, 6.07) is 0.472. The molecule has 3 rings (SSSR count). The summed E-state index contributed by atoms with van der Waals surface area (Å²) in [5.41, 5.74) is 6.39. The molecule has 0 radical (unpaired) electrons. The van der Waals surface area contributed by atoms with Crippen LogP contribution in [0.2, 0.25) is 0 Å². The molecule has 2 amide bonds. The molecule has 8 heteroatoms. The maximum atomic E-state index is 14.0. The maximum absolute atomic E-state index is 14.0. The van der Waals surface area contributed by atoms with Crippen molar-refractivity contribution >= 4 is 11.8 Å². The molecule has 166 valence electrons. The number of hydrogen-bond acceptors (Lipinski definition) is 3. The van der Waals surface area contributed by atoms with Crippen molar-refractivity contribution in [1.29, 1.82) is 0 Å². The van der Waals surface area contributed by atoms with E-state index in [1.54, 1.807) is 20.8 Å². The van der Waals surface area contributed by atoms with Crippen LogP contribution in [0.5, 0.6) is 0 Å². The number of benzene rings is 1. The van der Waals surface area contributed by atoms with Gasteiger partial charge in [0.25, 0.3) is 0 Å². The summed E-state index contributed by atoms with van der Waals surface area (Å²) in [6.07, 6.45) is 3.20. The van der Waals surface area contributed by atoms with Gasteiger partial charge >= 0.3 is 0 Å². The van der Waals surface area contributed by atoms with Gasteiger partial charge in [-0.05, 0) is 56.6 Å². The zero-order valence-electron chi connectivity index (χ0n) is 17.6. The number of rotatable bonds is 6. The van der Waals surface area contributed by atoms with E-state index >= 15 is 0 Å². The van der Waals surface area contributed by atoms with Crippen molar-refractivity contribution < 1.29 is 22.8 Å². The third kappa shape index (κ3) is 4.63. The van der Waals surface area contributed by atoms with Gasteiger partial charge in [0, 0.05) is 30.1 Å². The molecule has 3 N–H and O–H groups in total. The fourth-order valence-electron chi connectivity index (χ4n) is 4.73. The lowest BCUT2D eigenvalue weighted by molar-refractivity contribution is -0.141. The molecule has 2 saturated heterocycles. The molecular formula is C22H30F3N3O2. The first-order valence-electron chi connectivity index (χ1n) is 10.6. The van der Waals surface area contributed by atoms with Gasteiger partial charge in [0.05, 0.1) is 0 Å². The van der Waals surface area contributed by atoms with Crippen LogP contribution in [0.1, 0.15) is 52.0 Å². The minimum absolute atomic E-state index is 0.0282. The highest BCUT2D eigenvalue weighted by atomic mass is 19.2. The van der Waals surface area contributed by atoms with Crippen LogP contribution in [0.4, 0.5) is 13.2 Å². The standard InChI is InChI=1S/C22H30F3N3O2/c1-11(2)21(29)27-12(3)22(30)28-15-4-5-16(28)7-14(6-15)20(26)9-13-8-18(24)19(25)10-17(13)23/h8,10-12,14-16,20H,4-7,9,26H2,1-3H3,(H,27,29)/t12-,15-,16-,20+/m0/s1. The summed E-state index contributed by atoms with van der Waals surface area (Å²) in [7, 11) is 0. The fraction of sp³-hybridized carbons (Fsp3) is 0.636. The number of fused-ring (bicyclic) bond motifs is 2. The molecule has 0 aromatic heterocycles. The Hall–Kier alpha value is -2.09. The number of carbonyl (C=O) groups excluding carboxylic acids is 2. The highest BCUT2D eigenvalue weighted by Crippen LogP contribution is 2.40. The molecule has 0 saturated carbocycles. The summed E-state index contributed by atoms with van der Waals surface area (Å²) in [4.78, 5) is 26.8. The quantitative estimate of drug-likeness (QED) is 0.689. The molecule has 30 heavy (non-hydrogen) atoms. The minimum Gasteiger partial charge on any atom is -0.344 e. The first kappa shape index (κ1) is 22.6. The van der Waals surface area contributed by atoms with Crippen LogP contribution in [0.3, 0.4) is 0 Å². The molecule has 0 aliphatic carbocycles. The molecule has 2 bridgehead atoms. The lowest BCUT2D eigenvalue weighted by Crippen LogP contribution is -2.55. The molecule has 2 aliphatic rings. The second-order valence-corrected chi connectivity index (χ2v) is 8.97.